The van der Waals surface area contributed by atoms with Gasteiger partial charge >= 0.3 is 7.12 Å². The number of rotatable bonds is 5. The van der Waals surface area contributed by atoms with Crippen LogP contribution in [0.15, 0.2) is 0 Å². The second-order valence-electron chi connectivity index (χ2n) is 2.72. The smallest absolute Gasteiger partial charge is 0.427 e. The third-order valence-corrected chi connectivity index (χ3v) is 1.87. The van der Waals surface area contributed by atoms with Crippen LogP contribution in [0, 0.1) is 0 Å². The molecule has 0 spiro atoms. The first-order valence-electron chi connectivity index (χ1n) is 4.08. The van der Waals surface area contributed by atoms with Crippen LogP contribution in [0.3, 0.4) is 0 Å². The zero-order valence-electron chi connectivity index (χ0n) is 6.88. The van der Waals surface area contributed by atoms with E-state index < -0.39 is 7.12 Å². The molecule has 3 heteroatoms. The van der Waals surface area contributed by atoms with Crippen LogP contribution >= 0.6 is 0 Å². The highest BCUT2D eigenvalue weighted by molar-refractivity contribution is 6.43. The van der Waals surface area contributed by atoms with E-state index in [1.54, 1.807) is 0 Å². The largest absolute Gasteiger partial charge is 0.454 e. The molecule has 60 valence electrons. The Morgan fingerprint density at radius 3 is 2.20 bits per heavy atom. The van der Waals surface area contributed by atoms with Gasteiger partial charge < -0.3 is 10.0 Å². The van der Waals surface area contributed by atoms with Crippen molar-refractivity contribution in [2.24, 2.45) is 0 Å². The third-order valence-electron chi connectivity index (χ3n) is 1.87. The predicted molar refractivity (Wildman–Crippen MR) is 43.8 cm³/mol. The minimum atomic E-state index is -1.11. The zero-order valence-corrected chi connectivity index (χ0v) is 6.88. The van der Waals surface area contributed by atoms with Crippen molar-refractivity contribution in [3.63, 3.8) is 0 Å². The second-order valence-corrected chi connectivity index (χ2v) is 2.72. The second kappa shape index (κ2) is 5.75. The van der Waals surface area contributed by atoms with Crippen LogP contribution in [0.2, 0.25) is 5.82 Å². The van der Waals surface area contributed by atoms with Crippen LogP contribution in [0.1, 0.15) is 39.5 Å². The minimum absolute atomic E-state index is 0.0833. The van der Waals surface area contributed by atoms with Crippen molar-refractivity contribution in [3.8, 4) is 0 Å². The lowest BCUT2D eigenvalue weighted by Crippen LogP contribution is -2.19. The van der Waals surface area contributed by atoms with Gasteiger partial charge in [-0.05, 0) is 5.82 Å². The number of unbranched alkanes of at least 4 members (excludes halogenated alkanes) is 1. The summed E-state index contributed by atoms with van der Waals surface area (Å²) in [5.74, 6) is 0.0833. The predicted octanol–water partition coefficient (Wildman–Crippen LogP) is 1.43. The van der Waals surface area contributed by atoms with E-state index in [0.29, 0.717) is 0 Å². The van der Waals surface area contributed by atoms with Crippen LogP contribution in [-0.4, -0.2) is 17.2 Å². The summed E-state index contributed by atoms with van der Waals surface area (Å²) in [5.41, 5.74) is 0. The molecule has 1 atom stereocenters. The maximum atomic E-state index is 8.79. The van der Waals surface area contributed by atoms with Gasteiger partial charge in [0.25, 0.3) is 0 Å². The molecule has 0 radical (unpaired) electrons. The molecule has 0 saturated heterocycles. The van der Waals surface area contributed by atoms with E-state index in [4.69, 9.17) is 10.0 Å². The molecular formula is C7H17BO2. The summed E-state index contributed by atoms with van der Waals surface area (Å²) < 4.78 is 0. The van der Waals surface area contributed by atoms with Gasteiger partial charge in [0.2, 0.25) is 0 Å². The molecule has 0 aromatic rings. The van der Waals surface area contributed by atoms with E-state index in [0.717, 1.165) is 25.7 Å². The van der Waals surface area contributed by atoms with E-state index in [1.165, 1.54) is 0 Å². The van der Waals surface area contributed by atoms with Gasteiger partial charge in [0.1, 0.15) is 0 Å². The van der Waals surface area contributed by atoms with Crippen LogP contribution in [0.4, 0.5) is 0 Å². The molecule has 2 nitrogen and oxygen atoms in total. The van der Waals surface area contributed by atoms with Gasteiger partial charge in [0.05, 0.1) is 0 Å². The van der Waals surface area contributed by atoms with Crippen LogP contribution in [-0.2, 0) is 0 Å². The van der Waals surface area contributed by atoms with Gasteiger partial charge in [0.15, 0.2) is 0 Å². The first-order valence-corrected chi connectivity index (χ1v) is 4.08. The molecule has 0 rings (SSSR count). The summed E-state index contributed by atoms with van der Waals surface area (Å²) in [5, 5.41) is 17.6. The Balaban J connectivity index is 3.40. The lowest BCUT2D eigenvalue weighted by Gasteiger charge is -2.11. The van der Waals surface area contributed by atoms with Crippen molar-refractivity contribution >= 4 is 7.12 Å². The van der Waals surface area contributed by atoms with Gasteiger partial charge in [-0.25, -0.2) is 0 Å². The monoisotopic (exact) mass is 144 g/mol. The molecule has 0 aliphatic heterocycles. The van der Waals surface area contributed by atoms with E-state index >= 15 is 0 Å². The summed E-state index contributed by atoms with van der Waals surface area (Å²) >= 11 is 0. The average Bonchev–Trinajstić information content (AvgIpc) is 1.89. The van der Waals surface area contributed by atoms with E-state index in [1.807, 2.05) is 6.92 Å². The summed E-state index contributed by atoms with van der Waals surface area (Å²) in [7, 11) is -1.11. The fourth-order valence-electron chi connectivity index (χ4n) is 1.03. The van der Waals surface area contributed by atoms with Crippen molar-refractivity contribution < 1.29 is 10.0 Å². The van der Waals surface area contributed by atoms with Crippen LogP contribution in [0.25, 0.3) is 0 Å². The third kappa shape index (κ3) is 3.91. The van der Waals surface area contributed by atoms with E-state index in [9.17, 15) is 0 Å². The normalized spacial score (nSPS) is 13.2. The summed E-state index contributed by atoms with van der Waals surface area (Å²) in [6.07, 6.45) is 4.02. The Labute approximate surface area is 63.4 Å². The fraction of sp³-hybridized carbons (Fsp3) is 1.00. The summed E-state index contributed by atoms with van der Waals surface area (Å²) in [4.78, 5) is 0. The fourth-order valence-corrected chi connectivity index (χ4v) is 1.03. The highest BCUT2D eigenvalue weighted by atomic mass is 16.4. The lowest BCUT2D eigenvalue weighted by atomic mass is 9.69. The Hall–Kier alpha value is -0.0151. The molecule has 0 aromatic heterocycles. The molecule has 0 fully saturated rings. The Bertz CT molecular complexity index is 76.0. The van der Waals surface area contributed by atoms with Crippen molar-refractivity contribution in [2.45, 2.75) is 45.3 Å². The number of hydrogen-bond donors (Lipinski definition) is 2. The first kappa shape index (κ1) is 9.98. The van der Waals surface area contributed by atoms with Gasteiger partial charge in [-0.15, -0.1) is 0 Å². The molecule has 0 aliphatic carbocycles. The lowest BCUT2D eigenvalue weighted by molar-refractivity contribution is 0.373. The summed E-state index contributed by atoms with van der Waals surface area (Å²) in [6.45, 7) is 4.09. The van der Waals surface area contributed by atoms with Gasteiger partial charge in [-0.2, -0.15) is 0 Å². The molecular weight excluding hydrogens is 127 g/mol. The van der Waals surface area contributed by atoms with Gasteiger partial charge in [0, 0.05) is 0 Å². The van der Waals surface area contributed by atoms with Crippen molar-refractivity contribution in [1.29, 1.82) is 0 Å². The Morgan fingerprint density at radius 1 is 1.30 bits per heavy atom. The molecule has 10 heavy (non-hydrogen) atoms. The molecule has 2 N–H and O–H groups in total. The standard InChI is InChI=1S/C7H17BO2/c1-3-5-6-7(4-2)8(9)10/h7,9-10H,3-6H2,1-2H3. The average molecular weight is 144 g/mol. The van der Waals surface area contributed by atoms with Crippen molar-refractivity contribution in [1.82, 2.24) is 0 Å². The first-order chi connectivity index (χ1) is 4.72. The molecule has 0 aromatic carbocycles. The Kier molecular flexibility index (Phi) is 5.74. The SMILES string of the molecule is CCCCC(CC)B(O)O. The molecule has 0 amide bonds. The topological polar surface area (TPSA) is 40.5 Å². The van der Waals surface area contributed by atoms with Crippen molar-refractivity contribution in [3.05, 3.63) is 0 Å². The summed E-state index contributed by atoms with van der Waals surface area (Å²) in [6, 6.07) is 0. The Morgan fingerprint density at radius 2 is 1.90 bits per heavy atom. The molecule has 0 bridgehead atoms. The highest BCUT2D eigenvalue weighted by Crippen LogP contribution is 2.19. The van der Waals surface area contributed by atoms with Crippen molar-refractivity contribution in [2.75, 3.05) is 0 Å². The maximum absolute atomic E-state index is 8.79. The molecule has 0 aliphatic rings. The molecule has 1 unspecified atom stereocenters. The molecule has 0 saturated carbocycles. The molecule has 0 heterocycles. The minimum Gasteiger partial charge on any atom is -0.427 e. The van der Waals surface area contributed by atoms with E-state index in [-0.39, 0.29) is 5.82 Å². The zero-order chi connectivity index (χ0) is 7.98. The van der Waals surface area contributed by atoms with Gasteiger partial charge in [-0.3, -0.25) is 0 Å². The number of hydrogen-bond acceptors (Lipinski definition) is 2. The van der Waals surface area contributed by atoms with Crippen LogP contribution in [0.5, 0.6) is 0 Å². The maximum Gasteiger partial charge on any atom is 0.454 e. The van der Waals surface area contributed by atoms with Gasteiger partial charge in [-0.1, -0.05) is 39.5 Å². The quantitative estimate of drug-likeness (QED) is 0.573. The van der Waals surface area contributed by atoms with E-state index in [2.05, 4.69) is 6.92 Å². The van der Waals surface area contributed by atoms with Crippen LogP contribution < -0.4 is 0 Å². The highest BCUT2D eigenvalue weighted by Gasteiger charge is 2.19.